The van der Waals surface area contributed by atoms with Crippen LogP contribution < -0.4 is 5.32 Å². The van der Waals surface area contributed by atoms with Crippen molar-refractivity contribution in [3.63, 3.8) is 0 Å². The number of rotatable bonds is 5. The van der Waals surface area contributed by atoms with Crippen molar-refractivity contribution in [2.24, 2.45) is 18.9 Å². The second-order valence-corrected chi connectivity index (χ2v) is 6.36. The molecule has 1 saturated carbocycles. The highest BCUT2D eigenvalue weighted by Crippen LogP contribution is 2.28. The highest BCUT2D eigenvalue weighted by molar-refractivity contribution is 5.97. The van der Waals surface area contributed by atoms with Gasteiger partial charge < -0.3 is 15.0 Å². The van der Waals surface area contributed by atoms with E-state index in [0.717, 1.165) is 18.7 Å². The van der Waals surface area contributed by atoms with Crippen LogP contribution in [0.15, 0.2) is 30.7 Å². The van der Waals surface area contributed by atoms with Gasteiger partial charge in [-0.2, -0.15) is 5.10 Å². The predicted octanol–water partition coefficient (Wildman–Crippen LogP) is 1.83. The van der Waals surface area contributed by atoms with Crippen LogP contribution in [0, 0.1) is 11.8 Å². The van der Waals surface area contributed by atoms with Gasteiger partial charge >= 0.3 is 5.97 Å². The van der Waals surface area contributed by atoms with E-state index in [4.69, 9.17) is 5.11 Å². The van der Waals surface area contributed by atoms with E-state index >= 15 is 0 Å². The molecule has 1 amide bonds. The Bertz CT molecular complexity index is 712. The zero-order chi connectivity index (χ0) is 17.1. The lowest BCUT2D eigenvalue weighted by Gasteiger charge is -2.26. The summed E-state index contributed by atoms with van der Waals surface area (Å²) in [5, 5.41) is 16.2. The molecule has 1 fully saturated rings. The SMILES string of the molecule is Cn1ncc(C(=O)NCC2CCC(C(=O)O)CC2)c1-n1cccc1. The minimum Gasteiger partial charge on any atom is -0.481 e. The van der Waals surface area contributed by atoms with Crippen LogP contribution in [-0.2, 0) is 11.8 Å². The van der Waals surface area contributed by atoms with E-state index in [1.807, 2.05) is 29.1 Å². The normalized spacial score (nSPS) is 20.7. The Hall–Kier alpha value is -2.57. The smallest absolute Gasteiger partial charge is 0.306 e. The molecular weight excluding hydrogens is 308 g/mol. The average molecular weight is 330 g/mol. The van der Waals surface area contributed by atoms with Crippen LogP contribution in [0.4, 0.5) is 0 Å². The number of aryl methyl sites for hydroxylation is 1. The van der Waals surface area contributed by atoms with Gasteiger partial charge in [-0.15, -0.1) is 0 Å². The molecule has 7 heteroatoms. The number of aromatic nitrogens is 3. The van der Waals surface area contributed by atoms with E-state index in [0.29, 0.717) is 30.9 Å². The summed E-state index contributed by atoms with van der Waals surface area (Å²) >= 11 is 0. The van der Waals surface area contributed by atoms with Crippen molar-refractivity contribution in [2.45, 2.75) is 25.7 Å². The monoisotopic (exact) mass is 330 g/mol. The molecule has 1 aliphatic carbocycles. The third-order valence-electron chi connectivity index (χ3n) is 4.75. The minimum absolute atomic E-state index is 0.146. The van der Waals surface area contributed by atoms with Gasteiger partial charge in [0.05, 0.1) is 12.1 Å². The Labute approximate surface area is 140 Å². The zero-order valence-electron chi connectivity index (χ0n) is 13.7. The third kappa shape index (κ3) is 3.34. The first-order chi connectivity index (χ1) is 11.6. The van der Waals surface area contributed by atoms with Crippen LogP contribution in [0.5, 0.6) is 0 Å². The fourth-order valence-electron chi connectivity index (χ4n) is 3.32. The van der Waals surface area contributed by atoms with Gasteiger partial charge in [-0.05, 0) is 43.7 Å². The van der Waals surface area contributed by atoms with Gasteiger partial charge in [0.15, 0.2) is 0 Å². The van der Waals surface area contributed by atoms with Crippen LogP contribution in [-0.4, -0.2) is 37.9 Å². The lowest BCUT2D eigenvalue weighted by atomic mass is 9.82. The number of carboxylic acid groups (broad SMARTS) is 1. The Morgan fingerprint density at radius 1 is 1.25 bits per heavy atom. The van der Waals surface area contributed by atoms with Crippen molar-refractivity contribution >= 4 is 11.9 Å². The fourth-order valence-corrected chi connectivity index (χ4v) is 3.32. The van der Waals surface area contributed by atoms with Crippen LogP contribution in [0.3, 0.4) is 0 Å². The van der Waals surface area contributed by atoms with Crippen LogP contribution in [0.2, 0.25) is 0 Å². The van der Waals surface area contributed by atoms with Gasteiger partial charge in [0.2, 0.25) is 0 Å². The summed E-state index contributed by atoms with van der Waals surface area (Å²) in [6.07, 6.45) is 8.40. The van der Waals surface area contributed by atoms with Crippen molar-refractivity contribution < 1.29 is 14.7 Å². The molecule has 2 N–H and O–H groups in total. The van der Waals surface area contributed by atoms with Gasteiger partial charge in [-0.25, -0.2) is 0 Å². The second-order valence-electron chi connectivity index (χ2n) is 6.36. The van der Waals surface area contributed by atoms with E-state index < -0.39 is 5.97 Å². The fraction of sp³-hybridized carbons (Fsp3) is 0.471. The largest absolute Gasteiger partial charge is 0.481 e. The van der Waals surface area contributed by atoms with Gasteiger partial charge in [-0.1, -0.05) is 0 Å². The summed E-state index contributed by atoms with van der Waals surface area (Å²) in [5.74, 6) is -0.00433. The Morgan fingerprint density at radius 2 is 1.92 bits per heavy atom. The summed E-state index contributed by atoms with van der Waals surface area (Å²) < 4.78 is 3.53. The van der Waals surface area contributed by atoms with Crippen LogP contribution in [0.25, 0.3) is 5.82 Å². The van der Waals surface area contributed by atoms with E-state index in [1.165, 1.54) is 0 Å². The predicted molar refractivity (Wildman–Crippen MR) is 88.0 cm³/mol. The molecule has 2 aromatic rings. The number of aliphatic carboxylic acids is 1. The molecule has 7 nitrogen and oxygen atoms in total. The molecule has 0 unspecified atom stereocenters. The molecular formula is C17H22N4O3. The van der Waals surface area contributed by atoms with E-state index in [9.17, 15) is 9.59 Å². The first-order valence-corrected chi connectivity index (χ1v) is 8.22. The molecule has 0 saturated heterocycles. The Kier molecular flexibility index (Phi) is 4.69. The van der Waals surface area contributed by atoms with Crippen molar-refractivity contribution in [1.82, 2.24) is 19.7 Å². The molecule has 0 radical (unpaired) electrons. The maximum absolute atomic E-state index is 12.5. The number of nitrogens with zero attached hydrogens (tertiary/aromatic N) is 3. The average Bonchev–Trinajstić information content (AvgIpc) is 3.22. The van der Waals surface area contributed by atoms with Crippen LogP contribution >= 0.6 is 0 Å². The van der Waals surface area contributed by atoms with Gasteiger partial charge in [0.25, 0.3) is 5.91 Å². The first-order valence-electron chi connectivity index (χ1n) is 8.22. The molecule has 0 atom stereocenters. The Morgan fingerprint density at radius 3 is 2.54 bits per heavy atom. The highest BCUT2D eigenvalue weighted by atomic mass is 16.4. The van der Waals surface area contributed by atoms with E-state index in [-0.39, 0.29) is 11.8 Å². The molecule has 128 valence electrons. The number of carbonyl (C=O) groups excluding carboxylic acids is 1. The van der Waals surface area contributed by atoms with Gasteiger partial charge in [-0.3, -0.25) is 14.3 Å². The summed E-state index contributed by atoms with van der Waals surface area (Å²) in [6, 6.07) is 3.80. The molecule has 3 rings (SSSR count). The van der Waals surface area contributed by atoms with E-state index in [1.54, 1.807) is 17.9 Å². The number of carboxylic acids is 1. The number of hydrogen-bond donors (Lipinski definition) is 2. The first kappa shape index (κ1) is 16.3. The van der Waals surface area contributed by atoms with Crippen molar-refractivity contribution in [1.29, 1.82) is 0 Å². The number of hydrogen-bond acceptors (Lipinski definition) is 3. The van der Waals surface area contributed by atoms with Crippen molar-refractivity contribution in [3.8, 4) is 5.82 Å². The standard InChI is InChI=1S/C17H22N4O3/c1-20-16(21-8-2-3-9-21)14(11-19-20)15(22)18-10-12-4-6-13(7-5-12)17(23)24/h2-3,8-9,11-13H,4-7,10H2,1H3,(H,18,22)(H,23,24). The molecule has 0 aromatic carbocycles. The number of nitrogens with one attached hydrogen (secondary N) is 1. The maximum atomic E-state index is 12.5. The summed E-state index contributed by atoms with van der Waals surface area (Å²) in [4.78, 5) is 23.5. The third-order valence-corrected chi connectivity index (χ3v) is 4.75. The van der Waals surface area contributed by atoms with Crippen molar-refractivity contribution in [3.05, 3.63) is 36.3 Å². The Balaban J connectivity index is 1.60. The zero-order valence-corrected chi connectivity index (χ0v) is 13.7. The van der Waals surface area contributed by atoms with Gasteiger partial charge in [0.1, 0.15) is 11.4 Å². The topological polar surface area (TPSA) is 89.2 Å². The molecule has 0 bridgehead atoms. The molecule has 24 heavy (non-hydrogen) atoms. The number of amides is 1. The molecule has 2 heterocycles. The highest BCUT2D eigenvalue weighted by Gasteiger charge is 2.26. The van der Waals surface area contributed by atoms with Crippen molar-refractivity contribution in [2.75, 3.05) is 6.54 Å². The lowest BCUT2D eigenvalue weighted by molar-refractivity contribution is -0.143. The van der Waals surface area contributed by atoms with E-state index in [2.05, 4.69) is 10.4 Å². The van der Waals surface area contributed by atoms with Crippen LogP contribution in [0.1, 0.15) is 36.0 Å². The lowest BCUT2D eigenvalue weighted by Crippen LogP contribution is -2.32. The molecule has 0 aliphatic heterocycles. The second kappa shape index (κ2) is 6.90. The quantitative estimate of drug-likeness (QED) is 0.875. The van der Waals surface area contributed by atoms with Gasteiger partial charge in [0, 0.05) is 26.0 Å². The summed E-state index contributed by atoms with van der Waals surface area (Å²) in [5.41, 5.74) is 0.535. The maximum Gasteiger partial charge on any atom is 0.306 e. The number of carbonyl (C=O) groups is 2. The molecule has 2 aromatic heterocycles. The summed E-state index contributed by atoms with van der Waals surface area (Å²) in [6.45, 7) is 0.575. The molecule has 1 aliphatic rings. The minimum atomic E-state index is -0.704. The molecule has 0 spiro atoms. The summed E-state index contributed by atoms with van der Waals surface area (Å²) in [7, 11) is 1.80.